The lowest BCUT2D eigenvalue weighted by atomic mass is 10.0. The van der Waals surface area contributed by atoms with Crippen LogP contribution in [-0.2, 0) is 5.88 Å². The Morgan fingerprint density at radius 2 is 2.05 bits per heavy atom. The van der Waals surface area contributed by atoms with Crippen LogP contribution in [0.4, 0.5) is 0 Å². The van der Waals surface area contributed by atoms with Crippen molar-refractivity contribution >= 4 is 33.3 Å². The Labute approximate surface area is 114 Å². The van der Waals surface area contributed by atoms with Crippen LogP contribution in [0.3, 0.4) is 0 Å². The van der Waals surface area contributed by atoms with E-state index in [0.29, 0.717) is 5.58 Å². The normalized spacial score (nSPS) is 11.1. The summed E-state index contributed by atoms with van der Waals surface area (Å²) in [6.07, 6.45) is 0. The van der Waals surface area contributed by atoms with E-state index in [1.807, 2.05) is 24.3 Å². The minimum Gasteiger partial charge on any atom is -0.497 e. The van der Waals surface area contributed by atoms with E-state index in [2.05, 4.69) is 0 Å². The Balaban J connectivity index is 2.48. The zero-order valence-electron chi connectivity index (χ0n) is 10.3. The van der Waals surface area contributed by atoms with Gasteiger partial charge < -0.3 is 9.15 Å². The monoisotopic (exact) mass is 274 g/mol. The van der Waals surface area contributed by atoms with E-state index in [1.54, 1.807) is 13.2 Å². The maximum absolute atomic E-state index is 11.5. The predicted molar refractivity (Wildman–Crippen MR) is 76.1 cm³/mol. The second-order valence-corrected chi connectivity index (χ2v) is 4.52. The number of rotatable bonds is 2. The zero-order chi connectivity index (χ0) is 13.4. The third kappa shape index (κ3) is 1.96. The van der Waals surface area contributed by atoms with Gasteiger partial charge in [-0.3, -0.25) is 0 Å². The van der Waals surface area contributed by atoms with Gasteiger partial charge in [0.2, 0.25) is 0 Å². The largest absolute Gasteiger partial charge is 0.497 e. The van der Waals surface area contributed by atoms with Gasteiger partial charge in [-0.05, 0) is 40.6 Å². The molecular formula is C15H11ClO3. The molecule has 0 bridgehead atoms. The summed E-state index contributed by atoms with van der Waals surface area (Å²) in [6, 6.07) is 10.9. The summed E-state index contributed by atoms with van der Waals surface area (Å²) < 4.78 is 10.4. The van der Waals surface area contributed by atoms with Crippen LogP contribution in [0.2, 0.25) is 0 Å². The summed E-state index contributed by atoms with van der Waals surface area (Å²) in [5.41, 5.74) is 0.959. The first kappa shape index (κ1) is 12.1. The molecule has 0 amide bonds. The first-order chi connectivity index (χ1) is 9.22. The number of alkyl halides is 1. The minimum absolute atomic E-state index is 0.271. The number of halogens is 1. The third-order valence-electron chi connectivity index (χ3n) is 3.16. The molecule has 0 N–H and O–H groups in total. The quantitative estimate of drug-likeness (QED) is 0.406. The highest BCUT2D eigenvalue weighted by Crippen LogP contribution is 2.30. The van der Waals surface area contributed by atoms with Gasteiger partial charge in [-0.25, -0.2) is 4.79 Å². The number of methoxy groups -OCH3 is 1. The van der Waals surface area contributed by atoms with Crippen LogP contribution >= 0.6 is 11.6 Å². The topological polar surface area (TPSA) is 39.4 Å². The van der Waals surface area contributed by atoms with Crippen molar-refractivity contribution in [1.82, 2.24) is 0 Å². The van der Waals surface area contributed by atoms with Crippen molar-refractivity contribution in [1.29, 1.82) is 0 Å². The van der Waals surface area contributed by atoms with Gasteiger partial charge in [0.15, 0.2) is 0 Å². The molecule has 0 fully saturated rings. The predicted octanol–water partition coefficient (Wildman–Crippen LogP) is 3.69. The average molecular weight is 275 g/mol. The van der Waals surface area contributed by atoms with Gasteiger partial charge in [-0.2, -0.15) is 0 Å². The van der Waals surface area contributed by atoms with E-state index in [-0.39, 0.29) is 11.5 Å². The van der Waals surface area contributed by atoms with E-state index in [1.165, 1.54) is 6.07 Å². The molecule has 0 saturated carbocycles. The van der Waals surface area contributed by atoms with Crippen LogP contribution in [-0.4, -0.2) is 7.11 Å². The van der Waals surface area contributed by atoms with Crippen molar-refractivity contribution < 1.29 is 9.15 Å². The van der Waals surface area contributed by atoms with Gasteiger partial charge >= 0.3 is 5.63 Å². The fourth-order valence-corrected chi connectivity index (χ4v) is 2.50. The van der Waals surface area contributed by atoms with Gasteiger partial charge in [-0.1, -0.05) is 6.07 Å². The molecule has 0 atom stereocenters. The van der Waals surface area contributed by atoms with Crippen LogP contribution in [0.15, 0.2) is 45.6 Å². The van der Waals surface area contributed by atoms with Gasteiger partial charge in [-0.15, -0.1) is 11.6 Å². The molecule has 1 heterocycles. The van der Waals surface area contributed by atoms with Crippen molar-refractivity contribution in [3.05, 3.63) is 52.4 Å². The van der Waals surface area contributed by atoms with Crippen LogP contribution in [0.5, 0.6) is 5.75 Å². The SMILES string of the molecule is COc1ccc2c(ccc3oc(=O)cc(CCl)c32)c1. The van der Waals surface area contributed by atoms with Crippen molar-refractivity contribution in [3.8, 4) is 5.75 Å². The average Bonchev–Trinajstić information content (AvgIpc) is 2.45. The maximum atomic E-state index is 11.5. The van der Waals surface area contributed by atoms with Gasteiger partial charge in [0, 0.05) is 17.3 Å². The summed E-state index contributed by atoms with van der Waals surface area (Å²) in [7, 11) is 1.63. The van der Waals surface area contributed by atoms with Gasteiger partial charge in [0.05, 0.1) is 7.11 Å². The highest BCUT2D eigenvalue weighted by atomic mass is 35.5. The Hall–Kier alpha value is -2.00. The second-order valence-electron chi connectivity index (χ2n) is 4.25. The van der Waals surface area contributed by atoms with E-state index >= 15 is 0 Å². The Bertz CT molecular complexity index is 821. The molecule has 3 nitrogen and oxygen atoms in total. The summed E-state index contributed by atoms with van der Waals surface area (Å²) in [5.74, 6) is 1.06. The number of hydrogen-bond acceptors (Lipinski definition) is 3. The van der Waals surface area contributed by atoms with Gasteiger partial charge in [0.1, 0.15) is 11.3 Å². The molecule has 0 aliphatic carbocycles. The smallest absolute Gasteiger partial charge is 0.336 e. The first-order valence-corrected chi connectivity index (χ1v) is 6.36. The fourth-order valence-electron chi connectivity index (χ4n) is 2.29. The number of benzene rings is 2. The van der Waals surface area contributed by atoms with Crippen molar-refractivity contribution in [2.45, 2.75) is 5.88 Å². The second kappa shape index (κ2) is 4.59. The number of fused-ring (bicyclic) bond motifs is 3. The highest BCUT2D eigenvalue weighted by Gasteiger charge is 2.09. The lowest BCUT2D eigenvalue weighted by molar-refractivity contribution is 0.415. The molecular weight excluding hydrogens is 264 g/mol. The molecule has 0 radical (unpaired) electrons. The lowest BCUT2D eigenvalue weighted by Gasteiger charge is -2.08. The van der Waals surface area contributed by atoms with Crippen LogP contribution in [0.1, 0.15) is 5.56 Å². The van der Waals surface area contributed by atoms with Gasteiger partial charge in [0.25, 0.3) is 0 Å². The molecule has 19 heavy (non-hydrogen) atoms. The van der Waals surface area contributed by atoms with E-state index < -0.39 is 0 Å². The molecule has 4 heteroatoms. The van der Waals surface area contributed by atoms with E-state index in [0.717, 1.165) is 27.5 Å². The molecule has 1 aromatic heterocycles. The fraction of sp³-hybridized carbons (Fsp3) is 0.133. The molecule has 96 valence electrons. The molecule has 2 aromatic carbocycles. The highest BCUT2D eigenvalue weighted by molar-refractivity contribution is 6.19. The van der Waals surface area contributed by atoms with Crippen LogP contribution in [0, 0.1) is 0 Å². The van der Waals surface area contributed by atoms with E-state index in [4.69, 9.17) is 20.8 Å². The first-order valence-electron chi connectivity index (χ1n) is 5.82. The molecule has 0 aliphatic heterocycles. The van der Waals surface area contributed by atoms with Crippen molar-refractivity contribution in [3.63, 3.8) is 0 Å². The summed E-state index contributed by atoms with van der Waals surface area (Å²) in [5, 5.41) is 2.90. The Morgan fingerprint density at radius 3 is 2.79 bits per heavy atom. The molecule has 0 aliphatic rings. The van der Waals surface area contributed by atoms with Crippen LogP contribution < -0.4 is 10.4 Å². The Kier molecular flexibility index (Phi) is 2.91. The third-order valence-corrected chi connectivity index (χ3v) is 3.44. The molecule has 0 saturated heterocycles. The molecule has 3 rings (SSSR count). The Morgan fingerprint density at radius 1 is 1.21 bits per heavy atom. The van der Waals surface area contributed by atoms with E-state index in [9.17, 15) is 4.79 Å². The molecule has 0 unspecified atom stereocenters. The number of ether oxygens (including phenoxy) is 1. The van der Waals surface area contributed by atoms with Crippen molar-refractivity contribution in [2.75, 3.05) is 7.11 Å². The van der Waals surface area contributed by atoms with Crippen LogP contribution in [0.25, 0.3) is 21.7 Å². The minimum atomic E-state index is -0.379. The number of hydrogen-bond donors (Lipinski definition) is 0. The zero-order valence-corrected chi connectivity index (χ0v) is 11.0. The molecule has 3 aromatic rings. The standard InChI is InChI=1S/C15H11ClO3/c1-18-11-3-4-12-9(6-11)2-5-13-15(12)10(8-16)7-14(17)19-13/h2-7H,8H2,1H3. The summed E-state index contributed by atoms with van der Waals surface area (Å²) in [4.78, 5) is 11.5. The summed E-state index contributed by atoms with van der Waals surface area (Å²) in [6.45, 7) is 0. The molecule has 0 spiro atoms. The summed E-state index contributed by atoms with van der Waals surface area (Å²) >= 11 is 5.93. The maximum Gasteiger partial charge on any atom is 0.336 e. The lowest BCUT2D eigenvalue weighted by Crippen LogP contribution is -1.99. The van der Waals surface area contributed by atoms with Crippen molar-refractivity contribution in [2.24, 2.45) is 0 Å².